The van der Waals surface area contributed by atoms with Gasteiger partial charge in [-0.05, 0) is 59.5 Å². The van der Waals surface area contributed by atoms with Crippen molar-refractivity contribution in [3.8, 4) is 11.8 Å². The summed E-state index contributed by atoms with van der Waals surface area (Å²) in [5, 5.41) is 11.3. The van der Waals surface area contributed by atoms with Gasteiger partial charge in [0.2, 0.25) is 0 Å². The van der Waals surface area contributed by atoms with Crippen LogP contribution < -0.4 is 9.64 Å². The fourth-order valence-electron chi connectivity index (χ4n) is 5.10. The summed E-state index contributed by atoms with van der Waals surface area (Å²) in [5.41, 5.74) is 2.78. The maximum absolute atomic E-state index is 13.6. The fraction of sp³-hybridized carbons (Fsp3) is 0.308. The number of ether oxygens (including phenoxy) is 1. The first kappa shape index (κ1) is 19.6. The molecule has 0 aromatic heterocycles. The lowest BCUT2D eigenvalue weighted by molar-refractivity contribution is 0.0978. The Hall–Kier alpha value is -3.36. The quantitative estimate of drug-likeness (QED) is 0.601. The Kier molecular flexibility index (Phi) is 4.88. The Balaban J connectivity index is 1.51. The molecule has 0 bridgehead atoms. The second kappa shape index (κ2) is 7.72. The number of carbonyl (C=O) groups excluding carboxylic acids is 1. The van der Waals surface area contributed by atoms with Crippen molar-refractivity contribution < 1.29 is 9.53 Å². The summed E-state index contributed by atoms with van der Waals surface area (Å²) in [6, 6.07) is 22.4. The zero-order valence-electron chi connectivity index (χ0n) is 17.7. The van der Waals surface area contributed by atoms with Gasteiger partial charge in [0.05, 0.1) is 19.7 Å². The summed E-state index contributed by atoms with van der Waals surface area (Å²) in [4.78, 5) is 17.8. The van der Waals surface area contributed by atoms with Crippen LogP contribution in [0.15, 0.2) is 60.7 Å². The Morgan fingerprint density at radius 3 is 2.58 bits per heavy atom. The third-order valence-corrected chi connectivity index (χ3v) is 6.88. The fourth-order valence-corrected chi connectivity index (χ4v) is 5.10. The first-order valence-corrected chi connectivity index (χ1v) is 10.7. The van der Waals surface area contributed by atoms with Gasteiger partial charge in [0, 0.05) is 36.3 Å². The van der Waals surface area contributed by atoms with Crippen molar-refractivity contribution in [2.45, 2.75) is 18.3 Å². The predicted octanol–water partition coefficient (Wildman–Crippen LogP) is 4.37. The molecule has 5 heteroatoms. The largest absolute Gasteiger partial charge is 0.497 e. The summed E-state index contributed by atoms with van der Waals surface area (Å²) in [6.07, 6.45) is 1.85. The molecule has 3 aromatic carbocycles. The van der Waals surface area contributed by atoms with E-state index < -0.39 is 0 Å². The van der Waals surface area contributed by atoms with Gasteiger partial charge in [-0.2, -0.15) is 5.26 Å². The zero-order chi connectivity index (χ0) is 21.4. The van der Waals surface area contributed by atoms with E-state index in [-0.39, 0.29) is 11.3 Å². The minimum atomic E-state index is -0.0949. The highest BCUT2D eigenvalue weighted by atomic mass is 16.5. The van der Waals surface area contributed by atoms with Gasteiger partial charge in [0.25, 0.3) is 5.91 Å². The molecule has 0 saturated carbocycles. The van der Waals surface area contributed by atoms with Crippen molar-refractivity contribution >= 4 is 22.4 Å². The van der Waals surface area contributed by atoms with Crippen LogP contribution in [0.2, 0.25) is 0 Å². The van der Waals surface area contributed by atoms with Crippen LogP contribution in [0.5, 0.6) is 5.75 Å². The molecule has 0 unspecified atom stereocenters. The maximum Gasteiger partial charge on any atom is 0.258 e. The molecule has 0 atom stereocenters. The third kappa shape index (κ3) is 3.34. The van der Waals surface area contributed by atoms with Gasteiger partial charge in [0.15, 0.2) is 0 Å². The Labute approximate surface area is 182 Å². The van der Waals surface area contributed by atoms with Gasteiger partial charge < -0.3 is 9.64 Å². The number of nitrogens with zero attached hydrogens (tertiary/aromatic N) is 3. The molecular weight excluding hydrogens is 386 g/mol. The molecule has 5 rings (SSSR count). The standard InChI is InChI=1S/C26H25N3O2/c1-31-22-8-9-24-23(17-22)26(10-13-28(14-11-26)15-12-27)18-29(24)25(30)21-7-6-19-4-2-3-5-20(19)16-21/h2-9,16-17H,10-11,13-15,18H2,1H3. The topological polar surface area (TPSA) is 56.6 Å². The second-order valence-electron chi connectivity index (χ2n) is 8.55. The van der Waals surface area contributed by atoms with Crippen molar-refractivity contribution in [2.75, 3.05) is 38.2 Å². The first-order valence-electron chi connectivity index (χ1n) is 10.7. The van der Waals surface area contributed by atoms with Crippen LogP contribution in [-0.2, 0) is 5.41 Å². The molecule has 0 N–H and O–H groups in total. The normalized spacial score (nSPS) is 17.5. The molecular formula is C26H25N3O2. The highest BCUT2D eigenvalue weighted by Crippen LogP contribution is 2.48. The highest BCUT2D eigenvalue weighted by molar-refractivity contribution is 6.09. The summed E-state index contributed by atoms with van der Waals surface area (Å²) in [5.74, 6) is 0.853. The van der Waals surface area contributed by atoms with Crippen molar-refractivity contribution in [3.05, 3.63) is 71.8 Å². The van der Waals surface area contributed by atoms with E-state index in [1.807, 2.05) is 53.4 Å². The predicted molar refractivity (Wildman–Crippen MR) is 122 cm³/mol. The van der Waals surface area contributed by atoms with Gasteiger partial charge in [-0.3, -0.25) is 9.69 Å². The van der Waals surface area contributed by atoms with E-state index in [1.165, 1.54) is 5.56 Å². The van der Waals surface area contributed by atoms with Crippen LogP contribution in [0.4, 0.5) is 5.69 Å². The molecule has 31 heavy (non-hydrogen) atoms. The van der Waals surface area contributed by atoms with Gasteiger partial charge in [-0.25, -0.2) is 0 Å². The van der Waals surface area contributed by atoms with Crippen LogP contribution in [0.3, 0.4) is 0 Å². The van der Waals surface area contributed by atoms with Gasteiger partial charge >= 0.3 is 0 Å². The van der Waals surface area contributed by atoms with Crippen molar-refractivity contribution in [1.82, 2.24) is 4.90 Å². The Morgan fingerprint density at radius 2 is 1.84 bits per heavy atom. The number of methoxy groups -OCH3 is 1. The number of likely N-dealkylation sites (tertiary alicyclic amines) is 1. The number of rotatable bonds is 3. The van der Waals surface area contributed by atoms with Crippen LogP contribution in [-0.4, -0.2) is 44.1 Å². The van der Waals surface area contributed by atoms with E-state index in [0.29, 0.717) is 18.7 Å². The average Bonchev–Trinajstić information content (AvgIpc) is 3.13. The molecule has 1 saturated heterocycles. The van der Waals surface area contributed by atoms with Crippen LogP contribution in [0.1, 0.15) is 28.8 Å². The SMILES string of the molecule is COc1ccc2c(c1)C1(CCN(CC#N)CC1)CN2C(=O)c1ccc2ccccc2c1. The summed E-state index contributed by atoms with van der Waals surface area (Å²) >= 11 is 0. The zero-order valence-corrected chi connectivity index (χ0v) is 17.7. The molecule has 1 spiro atoms. The molecule has 2 aliphatic heterocycles. The van der Waals surface area contributed by atoms with E-state index in [1.54, 1.807) is 7.11 Å². The Morgan fingerprint density at radius 1 is 1.06 bits per heavy atom. The molecule has 0 radical (unpaired) electrons. The number of nitriles is 1. The van der Waals surface area contributed by atoms with E-state index in [9.17, 15) is 4.79 Å². The van der Waals surface area contributed by atoms with Crippen LogP contribution in [0, 0.1) is 11.3 Å². The number of benzene rings is 3. The Bertz CT molecular complexity index is 1190. The molecule has 3 aromatic rings. The summed E-state index contributed by atoms with van der Waals surface area (Å²) in [7, 11) is 1.68. The number of anilines is 1. The van der Waals surface area contributed by atoms with Crippen molar-refractivity contribution in [1.29, 1.82) is 5.26 Å². The smallest absolute Gasteiger partial charge is 0.258 e. The lowest BCUT2D eigenvalue weighted by atomic mass is 9.74. The molecule has 1 fully saturated rings. The van der Waals surface area contributed by atoms with Crippen LogP contribution >= 0.6 is 0 Å². The van der Waals surface area contributed by atoms with Gasteiger partial charge in [0.1, 0.15) is 5.75 Å². The monoisotopic (exact) mass is 411 g/mol. The number of hydrogen-bond donors (Lipinski definition) is 0. The minimum absolute atomic E-state index is 0.0356. The molecule has 2 aliphatic rings. The number of piperidine rings is 1. The number of fused-ring (bicyclic) bond motifs is 3. The van der Waals surface area contributed by atoms with Crippen molar-refractivity contribution in [2.24, 2.45) is 0 Å². The van der Waals surface area contributed by atoms with Gasteiger partial charge in [-0.15, -0.1) is 0 Å². The first-order chi connectivity index (χ1) is 15.1. The van der Waals surface area contributed by atoms with E-state index >= 15 is 0 Å². The van der Waals surface area contributed by atoms with Crippen molar-refractivity contribution in [3.63, 3.8) is 0 Å². The van der Waals surface area contributed by atoms with E-state index in [4.69, 9.17) is 10.00 Å². The average molecular weight is 412 g/mol. The molecule has 0 aliphatic carbocycles. The number of amides is 1. The van der Waals surface area contributed by atoms with E-state index in [0.717, 1.165) is 48.1 Å². The highest BCUT2D eigenvalue weighted by Gasteiger charge is 2.46. The molecule has 5 nitrogen and oxygen atoms in total. The molecule has 156 valence electrons. The summed E-state index contributed by atoms with van der Waals surface area (Å²) < 4.78 is 5.50. The number of hydrogen-bond acceptors (Lipinski definition) is 4. The maximum atomic E-state index is 13.6. The third-order valence-electron chi connectivity index (χ3n) is 6.88. The minimum Gasteiger partial charge on any atom is -0.497 e. The number of carbonyl (C=O) groups is 1. The van der Waals surface area contributed by atoms with Gasteiger partial charge in [-0.1, -0.05) is 30.3 Å². The lowest BCUT2D eigenvalue weighted by Crippen LogP contribution is -2.46. The lowest BCUT2D eigenvalue weighted by Gasteiger charge is -2.39. The second-order valence-corrected chi connectivity index (χ2v) is 8.55. The molecule has 2 heterocycles. The van der Waals surface area contributed by atoms with Crippen LogP contribution in [0.25, 0.3) is 10.8 Å². The summed E-state index contributed by atoms with van der Waals surface area (Å²) in [6.45, 7) is 2.85. The van der Waals surface area contributed by atoms with E-state index in [2.05, 4.69) is 23.1 Å². The molecule has 1 amide bonds.